The minimum atomic E-state index is -0.536. The van der Waals surface area contributed by atoms with Crippen molar-refractivity contribution in [3.05, 3.63) is 42.1 Å². The van der Waals surface area contributed by atoms with Crippen LogP contribution in [0.5, 0.6) is 0 Å². The fourth-order valence-corrected chi connectivity index (χ4v) is 2.29. The Morgan fingerprint density at radius 2 is 2.45 bits per heavy atom. The first-order valence-electron chi connectivity index (χ1n) is 6.18. The highest BCUT2D eigenvalue weighted by atomic mass is 32.1. The Kier molecular flexibility index (Phi) is 4.84. The van der Waals surface area contributed by atoms with Gasteiger partial charge in [0.1, 0.15) is 17.4 Å². The molecule has 0 saturated carbocycles. The van der Waals surface area contributed by atoms with Crippen LogP contribution in [0.1, 0.15) is 12.6 Å². The Labute approximate surface area is 121 Å². The number of amides is 1. The highest BCUT2D eigenvalue weighted by Crippen LogP contribution is 2.26. The summed E-state index contributed by atoms with van der Waals surface area (Å²) in [5.41, 5.74) is 2.01. The lowest BCUT2D eigenvalue weighted by Gasteiger charge is -2.01. The van der Waals surface area contributed by atoms with Crippen LogP contribution in [0.25, 0.3) is 10.6 Å². The van der Waals surface area contributed by atoms with Crippen molar-refractivity contribution in [2.24, 2.45) is 0 Å². The highest BCUT2D eigenvalue weighted by molar-refractivity contribution is 7.13. The zero-order valence-electron chi connectivity index (χ0n) is 11.1. The van der Waals surface area contributed by atoms with Gasteiger partial charge in [-0.2, -0.15) is 0 Å². The molecule has 2 aromatic heterocycles. The maximum absolute atomic E-state index is 11.4. The molecule has 0 unspecified atom stereocenters. The fourth-order valence-electron chi connectivity index (χ4n) is 1.54. The van der Waals surface area contributed by atoms with Gasteiger partial charge < -0.3 is 4.74 Å². The summed E-state index contributed by atoms with van der Waals surface area (Å²) in [5.74, 6) is 0.480. The van der Waals surface area contributed by atoms with Gasteiger partial charge in [-0.25, -0.2) is 9.78 Å². The first-order valence-corrected chi connectivity index (χ1v) is 7.06. The van der Waals surface area contributed by atoms with E-state index in [4.69, 9.17) is 4.74 Å². The fraction of sp³-hybridized carbons (Fsp3) is 0.214. The lowest BCUT2D eigenvalue weighted by Crippen LogP contribution is -2.13. The van der Waals surface area contributed by atoms with Crippen molar-refractivity contribution in [3.63, 3.8) is 0 Å². The van der Waals surface area contributed by atoms with E-state index in [9.17, 15) is 4.79 Å². The Balaban J connectivity index is 2.08. The second-order valence-corrected chi connectivity index (χ2v) is 4.80. The van der Waals surface area contributed by atoms with Crippen molar-refractivity contribution >= 4 is 23.2 Å². The molecule has 5 nitrogen and oxygen atoms in total. The van der Waals surface area contributed by atoms with E-state index in [1.165, 1.54) is 17.4 Å². The minimum Gasteiger partial charge on any atom is -0.445 e. The molecule has 0 aliphatic heterocycles. The van der Waals surface area contributed by atoms with Crippen LogP contribution >= 0.6 is 11.3 Å². The zero-order valence-corrected chi connectivity index (χ0v) is 11.9. The zero-order chi connectivity index (χ0) is 14.4. The van der Waals surface area contributed by atoms with Gasteiger partial charge in [-0.3, -0.25) is 10.3 Å². The van der Waals surface area contributed by atoms with Crippen molar-refractivity contribution in [2.45, 2.75) is 13.3 Å². The van der Waals surface area contributed by atoms with Gasteiger partial charge in [0.25, 0.3) is 0 Å². The third-order valence-corrected chi connectivity index (χ3v) is 3.38. The molecule has 2 heterocycles. The van der Waals surface area contributed by atoms with E-state index < -0.39 is 6.09 Å². The molecule has 2 rings (SSSR count). The second kappa shape index (κ2) is 6.81. The molecule has 0 saturated heterocycles. The summed E-state index contributed by atoms with van der Waals surface area (Å²) in [6, 6.07) is 3.90. The second-order valence-electron chi connectivity index (χ2n) is 3.94. The number of aromatic nitrogens is 2. The summed E-state index contributed by atoms with van der Waals surface area (Å²) in [6.07, 6.45) is 3.61. The molecule has 6 heteroatoms. The number of pyridine rings is 1. The summed E-state index contributed by atoms with van der Waals surface area (Å²) in [7, 11) is 0. The van der Waals surface area contributed by atoms with Crippen LogP contribution < -0.4 is 5.32 Å². The van der Waals surface area contributed by atoms with Crippen LogP contribution in [0.4, 0.5) is 10.6 Å². The molecule has 0 aliphatic rings. The number of hydrogen-bond donors (Lipinski definition) is 1. The van der Waals surface area contributed by atoms with Crippen molar-refractivity contribution in [1.29, 1.82) is 0 Å². The average molecular weight is 289 g/mol. The van der Waals surface area contributed by atoms with E-state index in [2.05, 4.69) is 28.8 Å². The summed E-state index contributed by atoms with van der Waals surface area (Å²) in [5, 5.41) is 5.18. The van der Waals surface area contributed by atoms with Crippen molar-refractivity contribution < 1.29 is 9.53 Å². The lowest BCUT2D eigenvalue weighted by molar-refractivity contribution is 0.174. The van der Waals surface area contributed by atoms with E-state index in [-0.39, 0.29) is 6.61 Å². The number of nitrogens with one attached hydrogen (secondary N) is 1. The first-order chi connectivity index (χ1) is 9.72. The van der Waals surface area contributed by atoms with Gasteiger partial charge in [-0.15, -0.1) is 11.3 Å². The average Bonchev–Trinajstić information content (AvgIpc) is 2.93. The van der Waals surface area contributed by atoms with Crippen LogP contribution in [-0.4, -0.2) is 22.7 Å². The van der Waals surface area contributed by atoms with Crippen LogP contribution in [0.2, 0.25) is 0 Å². The predicted octanol–water partition coefficient (Wildman–Crippen LogP) is 3.50. The number of ether oxygens (including phenoxy) is 1. The third-order valence-electron chi connectivity index (χ3n) is 2.49. The monoisotopic (exact) mass is 289 g/mol. The molecule has 0 aliphatic carbocycles. The van der Waals surface area contributed by atoms with E-state index in [1.54, 1.807) is 11.6 Å². The molecule has 1 N–H and O–H groups in total. The summed E-state index contributed by atoms with van der Waals surface area (Å²) < 4.78 is 4.83. The van der Waals surface area contributed by atoms with E-state index in [0.717, 1.165) is 22.7 Å². The molecule has 0 aromatic carbocycles. The van der Waals surface area contributed by atoms with Gasteiger partial charge in [0.2, 0.25) is 0 Å². The van der Waals surface area contributed by atoms with Gasteiger partial charge in [-0.1, -0.05) is 19.6 Å². The quantitative estimate of drug-likeness (QED) is 0.856. The normalized spacial score (nSPS) is 10.1. The van der Waals surface area contributed by atoms with Gasteiger partial charge in [-0.05, 0) is 18.6 Å². The Morgan fingerprint density at radius 1 is 1.60 bits per heavy atom. The molecule has 20 heavy (non-hydrogen) atoms. The molecule has 2 aromatic rings. The number of rotatable bonds is 5. The number of nitrogens with zero attached hydrogens (tertiary/aromatic N) is 2. The summed E-state index contributed by atoms with van der Waals surface area (Å²) in [6.45, 7) is 5.70. The summed E-state index contributed by atoms with van der Waals surface area (Å²) in [4.78, 5) is 20.0. The largest absolute Gasteiger partial charge is 0.445 e. The Hall–Kier alpha value is -2.21. The molecule has 0 atom stereocenters. The van der Waals surface area contributed by atoms with Crippen LogP contribution in [0.15, 0.2) is 36.4 Å². The van der Waals surface area contributed by atoms with Crippen LogP contribution in [0, 0.1) is 0 Å². The van der Waals surface area contributed by atoms with Crippen LogP contribution in [0.3, 0.4) is 0 Å². The predicted molar refractivity (Wildman–Crippen MR) is 79.9 cm³/mol. The number of carbonyl (C=O) groups is 1. The third kappa shape index (κ3) is 3.64. The van der Waals surface area contributed by atoms with E-state index in [0.29, 0.717) is 5.82 Å². The van der Waals surface area contributed by atoms with Gasteiger partial charge in [0, 0.05) is 22.8 Å². The maximum atomic E-state index is 11.4. The SMILES string of the molecule is C=CCOC(=O)Nc1csc(-c2ccnc(CC)c2)n1. The summed E-state index contributed by atoms with van der Waals surface area (Å²) >= 11 is 1.46. The smallest absolute Gasteiger partial charge is 0.413 e. The molecular formula is C14H15N3O2S. The van der Waals surface area contributed by atoms with Crippen molar-refractivity contribution in [1.82, 2.24) is 9.97 Å². The molecule has 0 fully saturated rings. The highest BCUT2D eigenvalue weighted by Gasteiger charge is 2.08. The molecule has 104 valence electrons. The molecular weight excluding hydrogens is 274 g/mol. The van der Waals surface area contributed by atoms with Gasteiger partial charge in [0.05, 0.1) is 0 Å². The number of anilines is 1. The molecule has 0 spiro atoms. The Bertz CT molecular complexity index is 610. The standard InChI is InChI=1S/C14H15N3O2S/c1-3-7-19-14(18)17-12-9-20-13(16-12)10-5-6-15-11(4-2)8-10/h3,5-6,8-9H,1,4,7H2,2H3,(H,17,18). The van der Waals surface area contributed by atoms with Gasteiger partial charge >= 0.3 is 6.09 Å². The van der Waals surface area contributed by atoms with Crippen molar-refractivity contribution in [2.75, 3.05) is 11.9 Å². The number of aryl methyl sites for hydroxylation is 1. The minimum absolute atomic E-state index is 0.174. The lowest BCUT2D eigenvalue weighted by atomic mass is 10.2. The molecule has 0 radical (unpaired) electrons. The number of thiazole rings is 1. The number of hydrogen-bond acceptors (Lipinski definition) is 5. The Morgan fingerprint density at radius 3 is 3.20 bits per heavy atom. The van der Waals surface area contributed by atoms with Crippen molar-refractivity contribution in [3.8, 4) is 10.6 Å². The molecule has 0 bridgehead atoms. The van der Waals surface area contributed by atoms with Crippen LogP contribution in [-0.2, 0) is 11.2 Å². The topological polar surface area (TPSA) is 64.1 Å². The first kappa shape index (κ1) is 14.2. The van der Waals surface area contributed by atoms with E-state index in [1.807, 2.05) is 12.1 Å². The molecule has 1 amide bonds. The van der Waals surface area contributed by atoms with E-state index >= 15 is 0 Å². The van der Waals surface area contributed by atoms with Gasteiger partial charge in [0.15, 0.2) is 0 Å². The maximum Gasteiger partial charge on any atom is 0.413 e. The number of carbonyl (C=O) groups excluding carboxylic acids is 1.